The molecule has 2 fully saturated rings. The van der Waals surface area contributed by atoms with Crippen molar-refractivity contribution in [2.24, 2.45) is 5.73 Å². The number of aromatic nitrogens is 4. The van der Waals surface area contributed by atoms with Gasteiger partial charge in [0.15, 0.2) is 18.0 Å². The molecule has 0 bridgehead atoms. The van der Waals surface area contributed by atoms with Gasteiger partial charge in [-0.15, -0.1) is 11.8 Å². The Hall–Kier alpha value is -0.845. The molecule has 132 valence electrons. The van der Waals surface area contributed by atoms with Crippen molar-refractivity contribution in [1.82, 2.24) is 19.5 Å². The third kappa shape index (κ3) is 3.17. The minimum atomic E-state index is -3.42. The van der Waals surface area contributed by atoms with Crippen LogP contribution in [0.3, 0.4) is 0 Å². The van der Waals surface area contributed by atoms with Crippen molar-refractivity contribution >= 4 is 38.3 Å². The Morgan fingerprint density at radius 2 is 2.28 bits per heavy atom. The smallest absolute Gasteiger partial charge is 0.385 e. The quantitative estimate of drug-likeness (QED) is 0.271. The molecule has 5 atom stereocenters. The summed E-state index contributed by atoms with van der Waals surface area (Å²) in [5, 5.41) is 11.3. The molecule has 0 saturated carbocycles. The summed E-state index contributed by atoms with van der Waals surface area (Å²) in [6.07, 6.45) is -0.221. The fraction of sp³-hybridized carbons (Fsp3) is 0.583. The number of hydrogen-bond acceptors (Lipinski definition) is 10. The van der Waals surface area contributed by atoms with E-state index in [1.807, 2.05) is 0 Å². The minimum Gasteiger partial charge on any atom is -0.385 e. The number of thioether (sulfide) groups is 1. The van der Waals surface area contributed by atoms with Gasteiger partial charge in [0.2, 0.25) is 0 Å². The largest absolute Gasteiger partial charge is 0.488 e. The Morgan fingerprint density at radius 3 is 3.08 bits per heavy atom. The van der Waals surface area contributed by atoms with E-state index in [4.69, 9.17) is 27.1 Å². The lowest BCUT2D eigenvalue weighted by Gasteiger charge is -2.27. The van der Waals surface area contributed by atoms with E-state index in [9.17, 15) is 10.00 Å². The third-order valence-corrected chi connectivity index (χ3v) is 6.04. The molecule has 2 radical (unpaired) electrons. The summed E-state index contributed by atoms with van der Waals surface area (Å²) in [4.78, 5) is 22.6. The van der Waals surface area contributed by atoms with Gasteiger partial charge in [-0.05, 0) is 0 Å². The lowest BCUT2D eigenvalue weighted by molar-refractivity contribution is -0.0603. The fourth-order valence-corrected chi connectivity index (χ4v) is 4.62. The van der Waals surface area contributed by atoms with Crippen LogP contribution in [0.25, 0.3) is 11.2 Å². The first kappa shape index (κ1) is 17.6. The first-order valence-electron chi connectivity index (χ1n) is 7.57. The number of ether oxygens (including phenoxy) is 1. The van der Waals surface area contributed by atoms with Gasteiger partial charge in [0, 0.05) is 12.3 Å². The highest BCUT2D eigenvalue weighted by Crippen LogP contribution is 2.58. The molecular weight excluding hydrogens is 368 g/mol. The second-order valence-corrected chi connectivity index (χ2v) is 8.31. The Bertz CT molecular complexity index is 781. The Labute approximate surface area is 149 Å². The zero-order valence-corrected chi connectivity index (χ0v) is 14.7. The summed E-state index contributed by atoms with van der Waals surface area (Å²) in [5.74, 6) is 0.704. The number of nitrogens with zero attached hydrogens (tertiary/aromatic N) is 4. The number of fused-ring (bicyclic) bond motifs is 2. The van der Waals surface area contributed by atoms with Gasteiger partial charge in [0.1, 0.15) is 35.7 Å². The van der Waals surface area contributed by atoms with Crippen molar-refractivity contribution in [2.45, 2.75) is 29.6 Å². The van der Waals surface area contributed by atoms with Crippen LogP contribution in [0, 0.1) is 0 Å². The molecule has 0 amide bonds. The van der Waals surface area contributed by atoms with Gasteiger partial charge >= 0.3 is 15.4 Å². The van der Waals surface area contributed by atoms with Crippen LogP contribution in [0.4, 0.5) is 0 Å². The van der Waals surface area contributed by atoms with E-state index in [2.05, 4.69) is 15.0 Å². The molecule has 0 spiro atoms. The van der Waals surface area contributed by atoms with Gasteiger partial charge < -0.3 is 15.6 Å². The average molecular weight is 384 g/mol. The van der Waals surface area contributed by atoms with Gasteiger partial charge in [-0.2, -0.15) is 9.05 Å². The van der Waals surface area contributed by atoms with Gasteiger partial charge in [-0.25, -0.2) is 19.8 Å². The Kier molecular flexibility index (Phi) is 4.71. The van der Waals surface area contributed by atoms with Crippen molar-refractivity contribution in [2.75, 3.05) is 18.9 Å². The van der Waals surface area contributed by atoms with Crippen molar-refractivity contribution in [3.05, 3.63) is 12.7 Å². The van der Waals surface area contributed by atoms with Crippen molar-refractivity contribution in [1.29, 1.82) is 0 Å². The maximum atomic E-state index is 10.6. The predicted molar refractivity (Wildman–Crippen MR) is 90.7 cm³/mol. The van der Waals surface area contributed by atoms with E-state index in [-0.39, 0.29) is 6.61 Å². The first-order valence-corrected chi connectivity index (χ1v) is 10.2. The predicted octanol–water partition coefficient (Wildman–Crippen LogP) is -0.611. The van der Waals surface area contributed by atoms with E-state index in [0.717, 1.165) is 0 Å². The maximum Gasteiger partial charge on any atom is 0.488 e. The fourth-order valence-electron chi connectivity index (χ4n) is 2.88. The van der Waals surface area contributed by atoms with Crippen LogP contribution < -0.4 is 5.73 Å². The molecule has 2 aliphatic rings. The van der Waals surface area contributed by atoms with Crippen LogP contribution >= 0.6 is 19.6 Å². The topological polar surface area (TPSA) is 138 Å². The molecule has 2 saturated heterocycles. The van der Waals surface area contributed by atoms with Gasteiger partial charge in [0.05, 0.1) is 6.33 Å². The average Bonchev–Trinajstić information content (AvgIpc) is 3.14. The lowest BCUT2D eigenvalue weighted by Crippen LogP contribution is -2.40. The van der Waals surface area contributed by atoms with Crippen LogP contribution in [-0.4, -0.2) is 74.3 Å². The lowest BCUT2D eigenvalue weighted by atomic mass is 10.1. The zero-order valence-electron chi connectivity index (χ0n) is 13.0. The molecule has 2 aromatic heterocycles. The highest BCUT2D eigenvalue weighted by molar-refractivity contribution is 7.99. The van der Waals surface area contributed by atoms with E-state index in [1.165, 1.54) is 24.4 Å². The molecule has 25 heavy (non-hydrogen) atoms. The van der Waals surface area contributed by atoms with E-state index >= 15 is 0 Å². The summed E-state index contributed by atoms with van der Waals surface area (Å²) in [7, 11) is 2.10. The highest BCUT2D eigenvalue weighted by atomic mass is 32.2. The Morgan fingerprint density at radius 1 is 1.44 bits per heavy atom. The van der Waals surface area contributed by atoms with Crippen LogP contribution in [-0.2, 0) is 13.8 Å². The molecule has 13 heteroatoms. The normalized spacial score (nSPS) is 35.2. The van der Waals surface area contributed by atoms with Crippen LogP contribution in [0.15, 0.2) is 17.7 Å². The molecule has 10 nitrogen and oxygen atoms in total. The van der Waals surface area contributed by atoms with E-state index < -0.39 is 32.4 Å². The zero-order chi connectivity index (χ0) is 17.6. The van der Waals surface area contributed by atoms with E-state index in [1.54, 1.807) is 4.57 Å². The van der Waals surface area contributed by atoms with E-state index in [0.29, 0.717) is 28.5 Å². The van der Waals surface area contributed by atoms with Gasteiger partial charge in [-0.1, -0.05) is 0 Å². The van der Waals surface area contributed by atoms with Crippen LogP contribution in [0.1, 0.15) is 6.23 Å². The van der Waals surface area contributed by atoms with Gasteiger partial charge in [0.25, 0.3) is 0 Å². The molecule has 4 heterocycles. The molecule has 4 rings (SSSR count). The summed E-state index contributed by atoms with van der Waals surface area (Å²) in [6, 6.07) is 0. The number of aliphatic hydroxyl groups excluding tert-OH is 1. The standard InChI is InChI=1S/C12H16BN5O5PS/c13-24(20)21-3-6-9(23-24)8(19)12(22-6)18-5-17-7-10(18)15-4-16-11(7)25-2-1-14/h4-6,8-9,12,19-20H,1-3,14H2/q+1/t6-,8?,9-,12-,24?/m1/s1. The summed E-state index contributed by atoms with van der Waals surface area (Å²) in [6.45, 7) is 0.561. The summed E-state index contributed by atoms with van der Waals surface area (Å²) in [5.41, 5.74) is 6.66. The molecular formula is C12H16BN5O5PS+. The number of nitrogens with two attached hydrogens (primary N) is 1. The maximum absolute atomic E-state index is 10.6. The molecule has 2 aliphatic heterocycles. The van der Waals surface area contributed by atoms with Crippen LogP contribution in [0.5, 0.6) is 0 Å². The molecule has 0 aliphatic carbocycles. The minimum absolute atomic E-state index is 0.0399. The highest BCUT2D eigenvalue weighted by Gasteiger charge is 2.56. The molecule has 2 aromatic rings. The molecule has 4 N–H and O–H groups in total. The number of rotatable bonds is 4. The number of imidazole rings is 1. The van der Waals surface area contributed by atoms with Crippen LogP contribution in [0.2, 0.25) is 0 Å². The summed E-state index contributed by atoms with van der Waals surface area (Å²) >= 11 is 1.48. The number of hydrogen-bond donors (Lipinski definition) is 3. The first-order chi connectivity index (χ1) is 12.0. The van der Waals surface area contributed by atoms with Crippen molar-refractivity contribution in [3.63, 3.8) is 0 Å². The second kappa shape index (κ2) is 6.71. The second-order valence-electron chi connectivity index (χ2n) is 5.63. The SMILES string of the molecule is [B][P+]1(O)OC[C@H]2O[C@@H](n3cnc4c(SCCN)ncnc43)C(O)[C@@H]2O1. The number of aliphatic hydroxyl groups is 1. The van der Waals surface area contributed by atoms with Gasteiger partial charge in [-0.3, -0.25) is 4.57 Å². The Balaban J connectivity index is 1.64. The molecule has 2 unspecified atom stereocenters. The monoisotopic (exact) mass is 384 g/mol. The molecule has 0 aromatic carbocycles. The third-order valence-electron chi connectivity index (χ3n) is 3.96. The van der Waals surface area contributed by atoms with Crippen molar-refractivity contribution < 1.29 is 23.8 Å². The van der Waals surface area contributed by atoms with Crippen molar-refractivity contribution in [3.8, 4) is 0 Å². The summed E-state index contributed by atoms with van der Waals surface area (Å²) < 4.78 is 17.8.